The Kier molecular flexibility index (Phi) is 3.35. The molecule has 0 heterocycles. The molecule has 1 N–H and O–H groups in total. The smallest absolute Gasteiger partial charge is 0.0320 e. The van der Waals surface area contributed by atoms with Crippen LogP contribution in [0.4, 0.5) is 0 Å². The fraction of sp³-hybridized carbons (Fsp3) is 0.571. The fourth-order valence-electron chi connectivity index (χ4n) is 2.69. The first kappa shape index (κ1) is 12.2. The lowest BCUT2D eigenvalue weighted by Crippen LogP contribution is -2.24. The first-order chi connectivity index (χ1) is 8.20. The Morgan fingerprint density at radius 2 is 1.94 bits per heavy atom. The van der Waals surface area contributed by atoms with Gasteiger partial charge < -0.3 is 5.32 Å². The van der Waals surface area contributed by atoms with Crippen molar-refractivity contribution >= 4 is 31.9 Å². The van der Waals surface area contributed by atoms with Crippen LogP contribution in [0.1, 0.15) is 31.2 Å². The Balaban J connectivity index is 1.52. The molecule has 1 aromatic carbocycles. The van der Waals surface area contributed by atoms with Crippen LogP contribution in [0.3, 0.4) is 0 Å². The summed E-state index contributed by atoms with van der Waals surface area (Å²) in [6.45, 7) is 2.20. The summed E-state index contributed by atoms with van der Waals surface area (Å²) in [6.07, 6.45) is 5.86. The van der Waals surface area contributed by atoms with E-state index in [0.29, 0.717) is 5.41 Å². The molecule has 1 nitrogen and oxygen atoms in total. The van der Waals surface area contributed by atoms with Crippen molar-refractivity contribution in [1.29, 1.82) is 0 Å². The van der Waals surface area contributed by atoms with Gasteiger partial charge in [-0.15, -0.1) is 0 Å². The molecule has 0 radical (unpaired) electrons. The molecule has 0 aromatic heterocycles. The SMILES string of the molecule is Brc1ccc(CNCC2(C3CC3)CC2)cc1Br. The van der Waals surface area contributed by atoms with Gasteiger partial charge in [0.05, 0.1) is 0 Å². The summed E-state index contributed by atoms with van der Waals surface area (Å²) in [4.78, 5) is 0. The third-order valence-corrected chi connectivity index (χ3v) is 6.01. The molecule has 3 heteroatoms. The van der Waals surface area contributed by atoms with Crippen LogP contribution in [0.2, 0.25) is 0 Å². The van der Waals surface area contributed by atoms with E-state index in [4.69, 9.17) is 0 Å². The predicted molar refractivity (Wildman–Crippen MR) is 77.9 cm³/mol. The minimum absolute atomic E-state index is 0.701. The summed E-state index contributed by atoms with van der Waals surface area (Å²) < 4.78 is 2.26. The molecule has 0 amide bonds. The van der Waals surface area contributed by atoms with E-state index in [1.807, 2.05) is 0 Å². The van der Waals surface area contributed by atoms with Crippen molar-refractivity contribution in [2.75, 3.05) is 6.54 Å². The Hall–Kier alpha value is 0.140. The monoisotopic (exact) mass is 357 g/mol. The molecule has 3 rings (SSSR count). The molecule has 2 aliphatic rings. The van der Waals surface area contributed by atoms with Crippen LogP contribution in [0.25, 0.3) is 0 Å². The van der Waals surface area contributed by atoms with Crippen molar-refractivity contribution in [3.8, 4) is 0 Å². The second-order valence-electron chi connectivity index (χ2n) is 5.49. The molecule has 2 aliphatic carbocycles. The van der Waals surface area contributed by atoms with Gasteiger partial charge in [0.25, 0.3) is 0 Å². The van der Waals surface area contributed by atoms with Gasteiger partial charge in [0, 0.05) is 22.0 Å². The van der Waals surface area contributed by atoms with E-state index in [1.165, 1.54) is 37.8 Å². The summed E-state index contributed by atoms with van der Waals surface area (Å²) in [6, 6.07) is 6.47. The van der Waals surface area contributed by atoms with Gasteiger partial charge in [0.15, 0.2) is 0 Å². The average molecular weight is 359 g/mol. The number of rotatable bonds is 5. The maximum atomic E-state index is 3.64. The largest absolute Gasteiger partial charge is 0.312 e. The van der Waals surface area contributed by atoms with Crippen LogP contribution in [0.5, 0.6) is 0 Å². The van der Waals surface area contributed by atoms with Crippen molar-refractivity contribution in [3.63, 3.8) is 0 Å². The van der Waals surface area contributed by atoms with E-state index in [1.54, 1.807) is 0 Å². The molecular weight excluding hydrogens is 342 g/mol. The second kappa shape index (κ2) is 4.67. The highest BCUT2D eigenvalue weighted by Gasteiger charge is 2.53. The number of hydrogen-bond donors (Lipinski definition) is 1. The highest BCUT2D eigenvalue weighted by atomic mass is 79.9. The summed E-state index contributed by atoms with van der Waals surface area (Å²) in [7, 11) is 0. The average Bonchev–Trinajstić information content (AvgIpc) is 3.14. The molecule has 17 heavy (non-hydrogen) atoms. The van der Waals surface area contributed by atoms with Crippen LogP contribution < -0.4 is 5.32 Å². The van der Waals surface area contributed by atoms with Gasteiger partial charge in [0.1, 0.15) is 0 Å². The fourth-order valence-corrected chi connectivity index (χ4v) is 3.36. The Morgan fingerprint density at radius 3 is 2.53 bits per heavy atom. The maximum Gasteiger partial charge on any atom is 0.0320 e. The molecule has 0 spiro atoms. The van der Waals surface area contributed by atoms with E-state index in [-0.39, 0.29) is 0 Å². The number of hydrogen-bond acceptors (Lipinski definition) is 1. The Bertz CT molecular complexity index is 422. The molecule has 0 unspecified atom stereocenters. The third kappa shape index (κ3) is 2.77. The van der Waals surface area contributed by atoms with E-state index >= 15 is 0 Å². The van der Waals surface area contributed by atoms with Crippen molar-refractivity contribution in [2.45, 2.75) is 32.2 Å². The van der Waals surface area contributed by atoms with Crippen molar-refractivity contribution in [3.05, 3.63) is 32.7 Å². The lowest BCUT2D eigenvalue weighted by Gasteiger charge is -2.15. The third-order valence-electron chi connectivity index (χ3n) is 4.13. The van der Waals surface area contributed by atoms with Crippen LogP contribution in [0, 0.1) is 11.3 Å². The van der Waals surface area contributed by atoms with Gasteiger partial charge in [-0.3, -0.25) is 0 Å². The van der Waals surface area contributed by atoms with Gasteiger partial charge in [-0.05, 0) is 86.6 Å². The first-order valence-corrected chi connectivity index (χ1v) is 7.93. The van der Waals surface area contributed by atoms with Gasteiger partial charge in [-0.2, -0.15) is 0 Å². The van der Waals surface area contributed by atoms with Crippen LogP contribution >= 0.6 is 31.9 Å². The zero-order valence-electron chi connectivity index (χ0n) is 9.81. The van der Waals surface area contributed by atoms with E-state index in [2.05, 4.69) is 55.4 Å². The van der Waals surface area contributed by atoms with Crippen LogP contribution in [0.15, 0.2) is 27.1 Å². The molecule has 0 aliphatic heterocycles. The number of benzene rings is 1. The summed E-state index contributed by atoms with van der Waals surface area (Å²) in [5, 5.41) is 3.64. The van der Waals surface area contributed by atoms with E-state index in [9.17, 15) is 0 Å². The zero-order chi connectivity index (χ0) is 11.9. The Labute approximate surface area is 120 Å². The van der Waals surface area contributed by atoms with Gasteiger partial charge in [-0.1, -0.05) is 6.07 Å². The maximum absolute atomic E-state index is 3.64. The molecule has 0 atom stereocenters. The van der Waals surface area contributed by atoms with Gasteiger partial charge >= 0.3 is 0 Å². The van der Waals surface area contributed by atoms with Crippen molar-refractivity contribution in [1.82, 2.24) is 5.32 Å². The second-order valence-corrected chi connectivity index (χ2v) is 7.20. The summed E-state index contributed by atoms with van der Waals surface area (Å²) in [5.74, 6) is 1.05. The minimum atomic E-state index is 0.701. The summed E-state index contributed by atoms with van der Waals surface area (Å²) >= 11 is 7.05. The van der Waals surface area contributed by atoms with Gasteiger partial charge in [-0.25, -0.2) is 0 Å². The number of halogens is 2. The summed E-state index contributed by atoms with van der Waals surface area (Å²) in [5.41, 5.74) is 2.05. The minimum Gasteiger partial charge on any atom is -0.312 e. The lowest BCUT2D eigenvalue weighted by atomic mass is 10.0. The molecule has 92 valence electrons. The van der Waals surface area contributed by atoms with E-state index < -0.39 is 0 Å². The van der Waals surface area contributed by atoms with Crippen molar-refractivity contribution < 1.29 is 0 Å². The molecular formula is C14H17Br2N. The number of nitrogens with one attached hydrogen (secondary N) is 1. The van der Waals surface area contributed by atoms with Crippen LogP contribution in [-0.4, -0.2) is 6.54 Å². The molecule has 1 aromatic rings. The van der Waals surface area contributed by atoms with Crippen LogP contribution in [-0.2, 0) is 6.54 Å². The van der Waals surface area contributed by atoms with E-state index in [0.717, 1.165) is 21.4 Å². The first-order valence-electron chi connectivity index (χ1n) is 6.34. The Morgan fingerprint density at radius 1 is 1.18 bits per heavy atom. The van der Waals surface area contributed by atoms with Crippen molar-refractivity contribution in [2.24, 2.45) is 11.3 Å². The zero-order valence-corrected chi connectivity index (χ0v) is 13.0. The molecule has 0 saturated heterocycles. The molecule has 2 saturated carbocycles. The standard InChI is InChI=1S/C14H17Br2N/c15-12-4-1-10(7-13(12)16)8-17-9-14(5-6-14)11-2-3-11/h1,4,7,11,17H,2-3,5-6,8-9H2. The molecule has 2 fully saturated rings. The molecule has 0 bridgehead atoms. The predicted octanol–water partition coefficient (Wildman–Crippen LogP) is 4.49. The van der Waals surface area contributed by atoms with Gasteiger partial charge in [0.2, 0.25) is 0 Å². The highest BCUT2D eigenvalue weighted by Crippen LogP contribution is 2.60. The normalized spacial score (nSPS) is 21.5. The topological polar surface area (TPSA) is 12.0 Å². The lowest BCUT2D eigenvalue weighted by molar-refractivity contribution is 0.403. The highest BCUT2D eigenvalue weighted by molar-refractivity contribution is 9.13. The quantitative estimate of drug-likeness (QED) is 0.817.